The number of benzene rings is 1. The first kappa shape index (κ1) is 19.9. The molecule has 2 aliphatic heterocycles. The van der Waals surface area contributed by atoms with Gasteiger partial charge in [0.15, 0.2) is 0 Å². The minimum atomic E-state index is 0.0975. The zero-order valence-corrected chi connectivity index (χ0v) is 17.6. The van der Waals surface area contributed by atoms with Crippen molar-refractivity contribution in [2.24, 2.45) is 0 Å². The molecule has 3 aliphatic rings. The third kappa shape index (κ3) is 4.45. The van der Waals surface area contributed by atoms with Crippen LogP contribution in [0, 0.1) is 0 Å². The molecule has 2 saturated heterocycles. The monoisotopic (exact) mass is 382 g/mol. The van der Waals surface area contributed by atoms with Crippen LogP contribution in [0.25, 0.3) is 0 Å². The molecule has 0 atom stereocenters. The Hall–Kier alpha value is -1.35. The van der Waals surface area contributed by atoms with Gasteiger partial charge in [0.1, 0.15) is 0 Å². The lowest BCUT2D eigenvalue weighted by molar-refractivity contribution is -0.129. The molecule has 0 N–H and O–H groups in total. The van der Waals surface area contributed by atoms with Crippen LogP contribution in [0.3, 0.4) is 0 Å². The van der Waals surface area contributed by atoms with Crippen LogP contribution < -0.4 is 4.90 Å². The summed E-state index contributed by atoms with van der Waals surface area (Å²) in [6.07, 6.45) is 18.7. The highest BCUT2D eigenvalue weighted by atomic mass is 16.2. The molecule has 2 heterocycles. The highest BCUT2D eigenvalue weighted by Crippen LogP contribution is 2.44. The van der Waals surface area contributed by atoms with E-state index in [4.69, 9.17) is 0 Å². The normalized spacial score (nSPS) is 25.7. The molecule has 0 unspecified atom stereocenters. The Bertz CT molecular complexity index is 609. The molecule has 1 saturated carbocycles. The number of rotatable bonds is 2. The molecule has 1 aliphatic carbocycles. The van der Waals surface area contributed by atoms with Gasteiger partial charge in [-0.2, -0.15) is 0 Å². The standard InChI is InChI=1S/C25H38N2O/c28-24-21-25(27(24)23-15-11-8-12-16-23)17-19-26(20-18-25)22-13-9-6-4-2-1-3-5-7-10-14-22/h8,11-12,15-16,22H,1-7,9-10,13-14,17-21H2. The number of para-hydroxylation sites is 1. The van der Waals surface area contributed by atoms with E-state index in [1.165, 1.54) is 83.7 Å². The number of likely N-dealkylation sites (tertiary alicyclic amines) is 1. The van der Waals surface area contributed by atoms with Crippen LogP contribution in [0.5, 0.6) is 0 Å². The molecular weight excluding hydrogens is 344 g/mol. The average Bonchev–Trinajstić information content (AvgIpc) is 2.70. The van der Waals surface area contributed by atoms with Crippen molar-refractivity contribution in [3.63, 3.8) is 0 Å². The quantitative estimate of drug-likeness (QED) is 0.592. The molecule has 3 nitrogen and oxygen atoms in total. The van der Waals surface area contributed by atoms with Gasteiger partial charge < -0.3 is 9.80 Å². The van der Waals surface area contributed by atoms with Crippen molar-refractivity contribution in [2.45, 2.75) is 101 Å². The van der Waals surface area contributed by atoms with Crippen molar-refractivity contribution in [1.29, 1.82) is 0 Å². The lowest BCUT2D eigenvalue weighted by Gasteiger charge is -2.56. The fourth-order valence-electron chi connectivity index (χ4n) is 5.82. The van der Waals surface area contributed by atoms with Gasteiger partial charge in [0, 0.05) is 24.8 Å². The molecule has 1 aromatic rings. The Labute approximate surface area is 171 Å². The largest absolute Gasteiger partial charge is 0.306 e. The summed E-state index contributed by atoms with van der Waals surface area (Å²) in [5.74, 6) is 0.311. The summed E-state index contributed by atoms with van der Waals surface area (Å²) in [6.45, 7) is 2.34. The molecule has 3 heteroatoms. The lowest BCUT2D eigenvalue weighted by atomic mass is 9.75. The van der Waals surface area contributed by atoms with Crippen LogP contribution in [0.4, 0.5) is 5.69 Å². The van der Waals surface area contributed by atoms with Crippen LogP contribution >= 0.6 is 0 Å². The summed E-state index contributed by atoms with van der Waals surface area (Å²) < 4.78 is 0. The summed E-state index contributed by atoms with van der Waals surface area (Å²) in [5.41, 5.74) is 1.19. The third-order valence-electron chi connectivity index (χ3n) is 7.54. The molecular formula is C25H38N2O. The number of piperidine rings is 1. The number of amides is 1. The summed E-state index contributed by atoms with van der Waals surface area (Å²) >= 11 is 0. The zero-order chi connectivity index (χ0) is 19.2. The fraction of sp³-hybridized carbons (Fsp3) is 0.720. The Balaban J connectivity index is 1.35. The maximum absolute atomic E-state index is 12.4. The Morgan fingerprint density at radius 3 is 1.82 bits per heavy atom. The van der Waals surface area contributed by atoms with Gasteiger partial charge in [0.25, 0.3) is 0 Å². The number of carbonyl (C=O) groups is 1. The highest BCUT2D eigenvalue weighted by Gasteiger charge is 2.52. The van der Waals surface area contributed by atoms with Crippen LogP contribution in [0.2, 0.25) is 0 Å². The number of nitrogens with zero attached hydrogens (tertiary/aromatic N) is 2. The van der Waals surface area contributed by atoms with Crippen LogP contribution in [0.1, 0.15) is 89.9 Å². The van der Waals surface area contributed by atoms with E-state index in [1.54, 1.807) is 0 Å². The van der Waals surface area contributed by atoms with E-state index >= 15 is 0 Å². The van der Waals surface area contributed by atoms with Gasteiger partial charge in [0.05, 0.1) is 12.0 Å². The first-order valence-corrected chi connectivity index (χ1v) is 11.9. The van der Waals surface area contributed by atoms with E-state index in [2.05, 4.69) is 34.1 Å². The molecule has 1 spiro atoms. The van der Waals surface area contributed by atoms with E-state index in [0.29, 0.717) is 5.91 Å². The van der Waals surface area contributed by atoms with E-state index in [-0.39, 0.29) is 5.54 Å². The number of hydrogen-bond acceptors (Lipinski definition) is 2. The van der Waals surface area contributed by atoms with E-state index in [9.17, 15) is 4.79 Å². The molecule has 0 radical (unpaired) electrons. The van der Waals surface area contributed by atoms with Crippen molar-refractivity contribution < 1.29 is 4.79 Å². The minimum Gasteiger partial charge on any atom is -0.306 e. The fourth-order valence-corrected chi connectivity index (χ4v) is 5.82. The van der Waals surface area contributed by atoms with Crippen molar-refractivity contribution in [1.82, 2.24) is 4.90 Å². The van der Waals surface area contributed by atoms with Crippen molar-refractivity contribution in [2.75, 3.05) is 18.0 Å². The summed E-state index contributed by atoms with van der Waals surface area (Å²) in [5, 5.41) is 0. The van der Waals surface area contributed by atoms with Crippen LogP contribution in [0.15, 0.2) is 30.3 Å². The predicted molar refractivity (Wildman–Crippen MR) is 117 cm³/mol. The molecule has 0 aromatic heterocycles. The van der Waals surface area contributed by atoms with Gasteiger partial charge in [0.2, 0.25) is 5.91 Å². The summed E-state index contributed by atoms with van der Waals surface area (Å²) in [7, 11) is 0. The maximum Gasteiger partial charge on any atom is 0.229 e. The van der Waals surface area contributed by atoms with Gasteiger partial charge in [-0.15, -0.1) is 0 Å². The van der Waals surface area contributed by atoms with Gasteiger partial charge in [-0.05, 0) is 37.8 Å². The van der Waals surface area contributed by atoms with Gasteiger partial charge in [-0.3, -0.25) is 4.79 Å². The second-order valence-corrected chi connectivity index (χ2v) is 9.41. The number of hydrogen-bond donors (Lipinski definition) is 0. The van der Waals surface area contributed by atoms with E-state index < -0.39 is 0 Å². The molecule has 0 bridgehead atoms. The maximum atomic E-state index is 12.4. The van der Waals surface area contributed by atoms with E-state index in [0.717, 1.165) is 31.0 Å². The third-order valence-corrected chi connectivity index (χ3v) is 7.54. The van der Waals surface area contributed by atoms with Gasteiger partial charge in [-0.1, -0.05) is 76.0 Å². The molecule has 28 heavy (non-hydrogen) atoms. The Kier molecular flexibility index (Phi) is 6.72. The zero-order valence-electron chi connectivity index (χ0n) is 17.6. The van der Waals surface area contributed by atoms with Gasteiger partial charge in [-0.25, -0.2) is 0 Å². The number of anilines is 1. The average molecular weight is 383 g/mol. The molecule has 1 amide bonds. The highest BCUT2D eigenvalue weighted by molar-refractivity contribution is 6.02. The van der Waals surface area contributed by atoms with Crippen LogP contribution in [-0.4, -0.2) is 35.5 Å². The number of carbonyl (C=O) groups excluding carboxylic acids is 1. The molecule has 154 valence electrons. The minimum absolute atomic E-state index is 0.0975. The Morgan fingerprint density at radius 1 is 0.750 bits per heavy atom. The lowest BCUT2D eigenvalue weighted by Crippen LogP contribution is -2.68. The van der Waals surface area contributed by atoms with Crippen molar-refractivity contribution in [3.8, 4) is 0 Å². The smallest absolute Gasteiger partial charge is 0.229 e. The SMILES string of the molecule is O=C1CC2(CCN(C3CCCCCCCCCCC3)CC2)N1c1ccccc1. The molecule has 3 fully saturated rings. The Morgan fingerprint density at radius 2 is 1.29 bits per heavy atom. The molecule has 4 rings (SSSR count). The first-order chi connectivity index (χ1) is 13.8. The number of β-lactam (4-membered cyclic amide) rings is 1. The molecule has 1 aromatic carbocycles. The second kappa shape index (κ2) is 9.43. The topological polar surface area (TPSA) is 23.6 Å². The predicted octanol–water partition coefficient (Wildman–Crippen LogP) is 5.93. The summed E-state index contributed by atoms with van der Waals surface area (Å²) in [6, 6.07) is 11.1. The van der Waals surface area contributed by atoms with E-state index in [1.807, 2.05) is 6.07 Å². The van der Waals surface area contributed by atoms with Crippen molar-refractivity contribution in [3.05, 3.63) is 30.3 Å². The van der Waals surface area contributed by atoms with Crippen molar-refractivity contribution >= 4 is 11.6 Å². The summed E-state index contributed by atoms with van der Waals surface area (Å²) in [4.78, 5) is 17.3. The first-order valence-electron chi connectivity index (χ1n) is 11.9. The van der Waals surface area contributed by atoms with Gasteiger partial charge >= 0.3 is 0 Å². The second-order valence-electron chi connectivity index (χ2n) is 9.41. The van der Waals surface area contributed by atoms with Crippen LogP contribution in [-0.2, 0) is 4.79 Å².